The van der Waals surface area contributed by atoms with Gasteiger partial charge in [0.15, 0.2) is 0 Å². The third-order valence-corrected chi connectivity index (χ3v) is 6.17. The zero-order valence-corrected chi connectivity index (χ0v) is 18.2. The van der Waals surface area contributed by atoms with Crippen LogP contribution in [0.25, 0.3) is 0 Å². The summed E-state index contributed by atoms with van der Waals surface area (Å²) in [7, 11) is 0. The smallest absolute Gasteiger partial charge is 0.363 e. The van der Waals surface area contributed by atoms with E-state index in [4.69, 9.17) is 11.6 Å². The third kappa shape index (κ3) is 5.60. The van der Waals surface area contributed by atoms with Crippen LogP contribution in [0.15, 0.2) is 12.1 Å². The van der Waals surface area contributed by atoms with Crippen LogP contribution < -0.4 is 4.90 Å². The van der Waals surface area contributed by atoms with Gasteiger partial charge in [0.2, 0.25) is 5.91 Å². The van der Waals surface area contributed by atoms with E-state index in [1.165, 1.54) is 0 Å². The number of hydrogen-bond donors (Lipinski definition) is 0. The lowest BCUT2D eigenvalue weighted by Crippen LogP contribution is -2.52. The lowest BCUT2D eigenvalue weighted by molar-refractivity contribution is -0.384. The third-order valence-electron chi connectivity index (χ3n) is 5.86. The molecule has 2 atom stereocenters. The average Bonchev–Trinajstić information content (AvgIpc) is 2.66. The molecule has 2 aliphatic rings. The molecule has 0 aromatic heterocycles. The van der Waals surface area contributed by atoms with Gasteiger partial charge in [0.05, 0.1) is 22.1 Å². The number of halogens is 4. The highest BCUT2D eigenvalue weighted by Crippen LogP contribution is 2.41. The van der Waals surface area contributed by atoms with Crippen LogP contribution in [-0.2, 0) is 11.0 Å². The van der Waals surface area contributed by atoms with Crippen LogP contribution in [0, 0.1) is 22.0 Å². The molecule has 2 fully saturated rings. The first-order chi connectivity index (χ1) is 14.5. The Morgan fingerprint density at radius 2 is 1.74 bits per heavy atom. The maximum atomic E-state index is 13.1. The first-order valence-electron chi connectivity index (χ1n) is 10.3. The number of rotatable bonds is 4. The summed E-state index contributed by atoms with van der Waals surface area (Å²) in [6.07, 6.45) is -3.67. The molecule has 1 aromatic rings. The number of nitro groups is 1. The molecule has 0 saturated carbocycles. The van der Waals surface area contributed by atoms with Crippen LogP contribution in [0.4, 0.5) is 24.5 Å². The summed E-state index contributed by atoms with van der Waals surface area (Å²) in [4.78, 5) is 28.8. The molecule has 0 spiro atoms. The number of likely N-dealkylation sites (tertiary alicyclic amines) is 1. The van der Waals surface area contributed by atoms with Gasteiger partial charge in [-0.1, -0.05) is 25.4 Å². The summed E-state index contributed by atoms with van der Waals surface area (Å²) < 4.78 is 39.2. The number of amides is 1. The molecule has 0 bridgehead atoms. The molecular formula is C20H26ClF3N4O3. The van der Waals surface area contributed by atoms with Gasteiger partial charge in [-0.25, -0.2) is 0 Å². The van der Waals surface area contributed by atoms with E-state index in [0.717, 1.165) is 25.6 Å². The lowest BCUT2D eigenvalue weighted by atomic mass is 9.92. The molecule has 0 aliphatic carbocycles. The van der Waals surface area contributed by atoms with E-state index in [9.17, 15) is 28.1 Å². The first-order valence-corrected chi connectivity index (χ1v) is 10.6. The van der Waals surface area contributed by atoms with Crippen LogP contribution in [-0.4, -0.2) is 66.4 Å². The van der Waals surface area contributed by atoms with Gasteiger partial charge in [0.25, 0.3) is 5.69 Å². The second-order valence-corrected chi connectivity index (χ2v) is 8.99. The topological polar surface area (TPSA) is 69.9 Å². The second kappa shape index (κ2) is 9.20. The van der Waals surface area contributed by atoms with E-state index in [0.29, 0.717) is 44.1 Å². The summed E-state index contributed by atoms with van der Waals surface area (Å²) in [5.74, 6) is 0.999. The monoisotopic (exact) mass is 462 g/mol. The Hall–Kier alpha value is -2.07. The molecule has 2 heterocycles. The van der Waals surface area contributed by atoms with Crippen molar-refractivity contribution in [2.45, 2.75) is 26.4 Å². The summed E-state index contributed by atoms with van der Waals surface area (Å²) in [5, 5.41) is 10.8. The van der Waals surface area contributed by atoms with Crippen molar-refractivity contribution < 1.29 is 22.9 Å². The average molecular weight is 463 g/mol. The Morgan fingerprint density at radius 1 is 1.16 bits per heavy atom. The van der Waals surface area contributed by atoms with E-state index in [2.05, 4.69) is 13.8 Å². The van der Waals surface area contributed by atoms with Crippen molar-refractivity contribution in [1.82, 2.24) is 9.80 Å². The minimum Gasteiger partial charge on any atom is -0.363 e. The summed E-state index contributed by atoms with van der Waals surface area (Å²) in [6.45, 7) is 7.68. The molecule has 2 unspecified atom stereocenters. The van der Waals surface area contributed by atoms with Gasteiger partial charge in [-0.3, -0.25) is 19.8 Å². The molecule has 11 heteroatoms. The van der Waals surface area contributed by atoms with Gasteiger partial charge in [-0.15, -0.1) is 0 Å². The van der Waals surface area contributed by atoms with Crippen molar-refractivity contribution in [2.24, 2.45) is 11.8 Å². The number of benzene rings is 1. The molecule has 2 aliphatic heterocycles. The number of carbonyl (C=O) groups is 1. The van der Waals surface area contributed by atoms with E-state index < -0.39 is 27.4 Å². The Bertz CT molecular complexity index is 834. The number of anilines is 1. The normalized spacial score (nSPS) is 23.2. The van der Waals surface area contributed by atoms with Crippen LogP contribution >= 0.6 is 11.6 Å². The maximum Gasteiger partial charge on any atom is 0.418 e. The molecular weight excluding hydrogens is 437 g/mol. The van der Waals surface area contributed by atoms with Gasteiger partial charge in [0.1, 0.15) is 5.69 Å². The first kappa shape index (κ1) is 23.6. The fraction of sp³-hybridized carbons (Fsp3) is 0.650. The predicted octanol–water partition coefficient (Wildman–Crippen LogP) is 3.89. The molecule has 172 valence electrons. The van der Waals surface area contributed by atoms with Crippen molar-refractivity contribution in [3.05, 3.63) is 32.8 Å². The molecule has 0 N–H and O–H groups in total. The molecule has 0 radical (unpaired) electrons. The highest BCUT2D eigenvalue weighted by molar-refractivity contribution is 6.31. The van der Waals surface area contributed by atoms with Gasteiger partial charge < -0.3 is 9.80 Å². The van der Waals surface area contributed by atoms with Crippen LogP contribution in [0.2, 0.25) is 5.02 Å². The Kier molecular flexibility index (Phi) is 7.00. The number of nitro benzene ring substituents is 1. The molecule has 1 amide bonds. The largest absolute Gasteiger partial charge is 0.418 e. The lowest BCUT2D eigenvalue weighted by Gasteiger charge is -2.39. The second-order valence-electron chi connectivity index (χ2n) is 8.58. The summed E-state index contributed by atoms with van der Waals surface area (Å²) in [5.41, 5.74) is -1.79. The van der Waals surface area contributed by atoms with Crippen molar-refractivity contribution in [3.8, 4) is 0 Å². The SMILES string of the molecule is CC1CC(C)CN(C(=O)CN2CCN(c3cc(Cl)c(C(F)(F)F)cc3[N+](=O)[O-])CC2)C1. The van der Waals surface area contributed by atoms with E-state index in [1.807, 2.05) is 9.80 Å². The van der Waals surface area contributed by atoms with Crippen LogP contribution in [0.5, 0.6) is 0 Å². The minimum absolute atomic E-state index is 0.0626. The van der Waals surface area contributed by atoms with Crippen LogP contribution in [0.1, 0.15) is 25.8 Å². The standard InChI is InChI=1S/C20H26ClF3N4O3/c1-13-7-14(2)11-27(10-13)19(29)12-25-3-5-26(6-4-25)17-9-16(21)15(20(22,23)24)8-18(17)28(30)31/h8-9,13-14H,3-7,10-12H2,1-2H3. The Balaban J connectivity index is 1.66. The number of nitrogens with zero attached hydrogens (tertiary/aromatic N) is 4. The highest BCUT2D eigenvalue weighted by atomic mass is 35.5. The molecule has 31 heavy (non-hydrogen) atoms. The number of piperidine rings is 1. The number of carbonyl (C=O) groups excluding carboxylic acids is 1. The fourth-order valence-electron chi connectivity index (χ4n) is 4.47. The predicted molar refractivity (Wildman–Crippen MR) is 111 cm³/mol. The van der Waals surface area contributed by atoms with E-state index >= 15 is 0 Å². The zero-order chi connectivity index (χ0) is 22.9. The molecule has 3 rings (SSSR count). The Labute approximate surface area is 183 Å². The quantitative estimate of drug-likeness (QED) is 0.501. The van der Waals surface area contributed by atoms with Crippen LogP contribution in [0.3, 0.4) is 0 Å². The molecule has 1 aromatic carbocycles. The van der Waals surface area contributed by atoms with Gasteiger partial charge in [0, 0.05) is 45.3 Å². The van der Waals surface area contributed by atoms with Crippen molar-refractivity contribution in [3.63, 3.8) is 0 Å². The minimum atomic E-state index is -4.77. The van der Waals surface area contributed by atoms with Gasteiger partial charge >= 0.3 is 6.18 Å². The maximum absolute atomic E-state index is 13.1. The fourth-order valence-corrected chi connectivity index (χ4v) is 4.74. The number of alkyl halides is 3. The van der Waals surface area contributed by atoms with E-state index in [-0.39, 0.29) is 18.1 Å². The van der Waals surface area contributed by atoms with E-state index in [1.54, 1.807) is 4.90 Å². The number of hydrogen-bond acceptors (Lipinski definition) is 5. The van der Waals surface area contributed by atoms with Gasteiger partial charge in [-0.2, -0.15) is 13.2 Å². The number of piperazine rings is 1. The van der Waals surface area contributed by atoms with Gasteiger partial charge in [-0.05, 0) is 24.3 Å². The zero-order valence-electron chi connectivity index (χ0n) is 17.5. The van der Waals surface area contributed by atoms with Crippen molar-refractivity contribution in [1.29, 1.82) is 0 Å². The molecule has 2 saturated heterocycles. The Morgan fingerprint density at radius 3 is 2.26 bits per heavy atom. The highest BCUT2D eigenvalue weighted by Gasteiger charge is 2.37. The summed E-state index contributed by atoms with van der Waals surface area (Å²) in [6, 6.07) is 1.51. The van der Waals surface area contributed by atoms with Crippen molar-refractivity contribution in [2.75, 3.05) is 50.7 Å². The molecule has 7 nitrogen and oxygen atoms in total. The summed E-state index contributed by atoms with van der Waals surface area (Å²) >= 11 is 5.79. The van der Waals surface area contributed by atoms with Crippen molar-refractivity contribution >= 4 is 28.9 Å².